The molecule has 0 unspecified atom stereocenters. The summed E-state index contributed by atoms with van der Waals surface area (Å²) in [5.41, 5.74) is 4.30. The maximum atomic E-state index is 12.8. The highest BCUT2D eigenvalue weighted by molar-refractivity contribution is 5.88. The third-order valence-electron chi connectivity index (χ3n) is 8.99. The average molecular weight is 789 g/mol. The number of carbonyl (C=O) groups is 4. The van der Waals surface area contributed by atoms with Gasteiger partial charge in [0.1, 0.15) is 31.7 Å². The number of hydrogen-bond donors (Lipinski definition) is 0. The minimum atomic E-state index is -1.55. The molecular weight excluding hydrogens is 744 g/mol. The molecule has 300 valence electrons. The smallest absolute Gasteiger partial charge is 0.303 e. The molecule has 5 aromatic carbocycles. The van der Waals surface area contributed by atoms with Crippen LogP contribution in [0.25, 0.3) is 22.3 Å². The highest BCUT2D eigenvalue weighted by atomic mass is 16.7. The van der Waals surface area contributed by atoms with Crippen LogP contribution in [0.5, 0.6) is 17.2 Å². The number of ether oxygens (including phenoxy) is 8. The summed E-state index contributed by atoms with van der Waals surface area (Å²) in [6, 6.07) is 40.0. The largest absolute Gasteiger partial charge is 0.488 e. The molecule has 5 atom stereocenters. The van der Waals surface area contributed by atoms with Crippen LogP contribution >= 0.6 is 0 Å². The van der Waals surface area contributed by atoms with Gasteiger partial charge in [0.15, 0.2) is 23.7 Å². The summed E-state index contributed by atoms with van der Waals surface area (Å²) in [6.45, 7) is 4.60. The van der Waals surface area contributed by atoms with Gasteiger partial charge in [0, 0.05) is 33.3 Å². The normalized spacial score (nSPS) is 18.6. The Kier molecular flexibility index (Phi) is 13.8. The van der Waals surface area contributed by atoms with Gasteiger partial charge in [-0.2, -0.15) is 0 Å². The van der Waals surface area contributed by atoms with Crippen LogP contribution in [0.15, 0.2) is 127 Å². The van der Waals surface area contributed by atoms with Crippen LogP contribution < -0.4 is 14.2 Å². The zero-order valence-corrected chi connectivity index (χ0v) is 32.5. The van der Waals surface area contributed by atoms with E-state index in [1.54, 1.807) is 0 Å². The lowest BCUT2D eigenvalue weighted by Gasteiger charge is -2.44. The Bertz CT molecular complexity index is 2160. The van der Waals surface area contributed by atoms with Gasteiger partial charge in [0.05, 0.1) is 5.56 Å². The molecule has 0 bridgehead atoms. The van der Waals surface area contributed by atoms with Gasteiger partial charge in [-0.1, -0.05) is 121 Å². The van der Waals surface area contributed by atoms with E-state index in [9.17, 15) is 19.2 Å². The second-order valence-corrected chi connectivity index (χ2v) is 13.4. The molecular formula is C46H44O12. The van der Waals surface area contributed by atoms with Crippen LogP contribution in [0, 0.1) is 0 Å². The van der Waals surface area contributed by atoms with Crippen LogP contribution in [0.4, 0.5) is 0 Å². The monoisotopic (exact) mass is 788 g/mol. The lowest BCUT2D eigenvalue weighted by atomic mass is 9.95. The predicted octanol–water partition coefficient (Wildman–Crippen LogP) is 7.64. The first-order valence-electron chi connectivity index (χ1n) is 18.7. The first-order valence-corrected chi connectivity index (χ1v) is 18.7. The van der Waals surface area contributed by atoms with Gasteiger partial charge in [-0.15, -0.1) is 0 Å². The van der Waals surface area contributed by atoms with E-state index in [-0.39, 0.29) is 24.7 Å². The molecule has 12 heteroatoms. The summed E-state index contributed by atoms with van der Waals surface area (Å²) >= 11 is 0. The Morgan fingerprint density at radius 1 is 0.534 bits per heavy atom. The maximum Gasteiger partial charge on any atom is 0.303 e. The van der Waals surface area contributed by atoms with Crippen molar-refractivity contribution in [3.05, 3.63) is 139 Å². The number of esters is 4. The van der Waals surface area contributed by atoms with E-state index >= 15 is 0 Å². The zero-order valence-electron chi connectivity index (χ0n) is 32.5. The molecule has 12 nitrogen and oxygen atoms in total. The minimum absolute atomic E-state index is 0.103. The van der Waals surface area contributed by atoms with E-state index in [1.807, 2.05) is 127 Å². The number of carbonyl (C=O) groups excluding carboxylic acids is 4. The summed E-state index contributed by atoms with van der Waals surface area (Å²) in [5.74, 6) is -2.03. The standard InChI is InChI=1S/C46H44O12/c1-29(47)51-28-39-42(54-30(2)48)44(55-31(3)49)45(56-32(4)50)46(57-39)58-41-37(35-21-13-7-14-22-35)25-38(52-26-33-17-9-5-10-18-33)40(36-23-15-8-16-24-36)43(41)53-27-34-19-11-6-12-20-34/h5-25,39,42,44-46H,26-28H2,1-4H3/t39-,42-,44+,45-,46+/m1/s1. The van der Waals surface area contributed by atoms with Gasteiger partial charge in [-0.3, -0.25) is 19.2 Å². The minimum Gasteiger partial charge on any atom is -0.488 e. The van der Waals surface area contributed by atoms with Gasteiger partial charge in [-0.25, -0.2) is 0 Å². The van der Waals surface area contributed by atoms with Crippen LogP contribution in [-0.2, 0) is 56.1 Å². The van der Waals surface area contributed by atoms with Gasteiger partial charge < -0.3 is 37.9 Å². The van der Waals surface area contributed by atoms with Crippen molar-refractivity contribution in [3.63, 3.8) is 0 Å². The maximum absolute atomic E-state index is 12.8. The molecule has 0 spiro atoms. The quantitative estimate of drug-likeness (QED) is 0.0760. The summed E-state index contributed by atoms with van der Waals surface area (Å²) in [5, 5.41) is 0. The fourth-order valence-electron chi connectivity index (χ4n) is 6.56. The van der Waals surface area contributed by atoms with Gasteiger partial charge >= 0.3 is 23.9 Å². The highest BCUT2D eigenvalue weighted by Gasteiger charge is 2.54. The molecule has 0 radical (unpaired) electrons. The fourth-order valence-corrected chi connectivity index (χ4v) is 6.56. The second kappa shape index (κ2) is 19.5. The molecule has 0 aromatic heterocycles. The average Bonchev–Trinajstić information content (AvgIpc) is 3.21. The Morgan fingerprint density at radius 2 is 1.02 bits per heavy atom. The molecule has 1 fully saturated rings. The van der Waals surface area contributed by atoms with Crippen LogP contribution in [0.3, 0.4) is 0 Å². The molecule has 6 rings (SSSR count). The zero-order chi connectivity index (χ0) is 41.0. The first-order chi connectivity index (χ1) is 28.1. The molecule has 0 saturated carbocycles. The number of hydrogen-bond acceptors (Lipinski definition) is 12. The highest BCUT2D eigenvalue weighted by Crippen LogP contribution is 2.52. The van der Waals surface area contributed by atoms with Gasteiger partial charge in [-0.05, 0) is 28.3 Å². The molecule has 0 amide bonds. The molecule has 1 saturated heterocycles. The Balaban J connectivity index is 1.59. The summed E-state index contributed by atoms with van der Waals surface area (Å²) < 4.78 is 49.2. The molecule has 1 heterocycles. The Morgan fingerprint density at radius 3 is 1.55 bits per heavy atom. The van der Waals surface area contributed by atoms with Crippen molar-refractivity contribution in [1.82, 2.24) is 0 Å². The number of rotatable bonds is 15. The predicted molar refractivity (Wildman–Crippen MR) is 211 cm³/mol. The van der Waals surface area contributed by atoms with Crippen LogP contribution in [0.2, 0.25) is 0 Å². The van der Waals surface area contributed by atoms with E-state index < -0.39 is 61.2 Å². The van der Waals surface area contributed by atoms with Crippen molar-refractivity contribution in [3.8, 4) is 39.5 Å². The lowest BCUT2D eigenvalue weighted by Crippen LogP contribution is -2.63. The van der Waals surface area contributed by atoms with Crippen LogP contribution in [0.1, 0.15) is 38.8 Å². The Labute approximate surface area is 336 Å². The van der Waals surface area contributed by atoms with Crippen molar-refractivity contribution in [2.24, 2.45) is 0 Å². The molecule has 58 heavy (non-hydrogen) atoms. The number of benzene rings is 5. The van der Waals surface area contributed by atoms with E-state index in [2.05, 4.69) is 0 Å². The summed E-state index contributed by atoms with van der Waals surface area (Å²) in [4.78, 5) is 49.8. The molecule has 0 N–H and O–H groups in total. The van der Waals surface area contributed by atoms with E-state index in [4.69, 9.17) is 37.9 Å². The van der Waals surface area contributed by atoms with Crippen molar-refractivity contribution < 1.29 is 57.1 Å². The first kappa shape index (κ1) is 41.0. The van der Waals surface area contributed by atoms with Crippen molar-refractivity contribution in [2.45, 2.75) is 71.6 Å². The molecule has 5 aromatic rings. The molecule has 1 aliphatic heterocycles. The third-order valence-corrected chi connectivity index (χ3v) is 8.99. The SMILES string of the molecule is CC(=O)OC[C@H]1O[C@@H](Oc2c(-c3ccccc3)cc(OCc3ccccc3)c(-c3ccccc3)c2OCc2ccccc2)[C@H](OC(C)=O)[C@@H](OC(C)=O)[C@@H]1OC(C)=O. The van der Waals surface area contributed by atoms with Crippen molar-refractivity contribution in [1.29, 1.82) is 0 Å². The van der Waals surface area contributed by atoms with E-state index in [0.29, 0.717) is 22.4 Å². The Hall–Kier alpha value is -6.66. The summed E-state index contributed by atoms with van der Waals surface area (Å²) in [7, 11) is 0. The molecule has 0 aliphatic carbocycles. The van der Waals surface area contributed by atoms with Crippen molar-refractivity contribution >= 4 is 23.9 Å². The fraction of sp³-hybridized carbons (Fsp3) is 0.261. The lowest BCUT2D eigenvalue weighted by molar-refractivity contribution is -0.288. The topological polar surface area (TPSA) is 142 Å². The van der Waals surface area contributed by atoms with Crippen LogP contribution in [-0.4, -0.2) is 61.2 Å². The van der Waals surface area contributed by atoms with E-state index in [1.165, 1.54) is 13.8 Å². The summed E-state index contributed by atoms with van der Waals surface area (Å²) in [6.07, 6.45) is -7.13. The van der Waals surface area contributed by atoms with Gasteiger partial charge in [0.2, 0.25) is 12.4 Å². The third kappa shape index (κ3) is 10.6. The molecule has 1 aliphatic rings. The van der Waals surface area contributed by atoms with Crippen molar-refractivity contribution in [2.75, 3.05) is 6.61 Å². The second-order valence-electron chi connectivity index (χ2n) is 13.4. The van der Waals surface area contributed by atoms with E-state index in [0.717, 1.165) is 30.5 Å². The van der Waals surface area contributed by atoms with Gasteiger partial charge in [0.25, 0.3) is 0 Å².